The minimum atomic E-state index is -0.319. The molecule has 0 heterocycles. The molecule has 0 saturated carbocycles. The first-order valence-corrected chi connectivity index (χ1v) is 8.39. The lowest BCUT2D eigenvalue weighted by Gasteiger charge is -2.27. The first kappa shape index (κ1) is 18.6. The average molecular weight is 366 g/mol. The Bertz CT molecular complexity index is 701. The van der Waals surface area contributed by atoms with Gasteiger partial charge in [-0.3, -0.25) is 0 Å². The summed E-state index contributed by atoms with van der Waals surface area (Å²) in [5, 5.41) is 7.21. The van der Waals surface area contributed by atoms with Crippen LogP contribution in [0.4, 0.5) is 10.1 Å². The maximum atomic E-state index is 14.2. The molecule has 24 heavy (non-hydrogen) atoms. The third-order valence-corrected chi connectivity index (χ3v) is 4.38. The van der Waals surface area contributed by atoms with Gasteiger partial charge in [0.1, 0.15) is 5.82 Å². The minimum Gasteiger partial charge on any atom is -0.361 e. The van der Waals surface area contributed by atoms with Crippen molar-refractivity contribution in [3.63, 3.8) is 0 Å². The van der Waals surface area contributed by atoms with Gasteiger partial charge in [0.25, 0.3) is 0 Å². The van der Waals surface area contributed by atoms with Crippen LogP contribution in [0.25, 0.3) is 0 Å². The molecule has 0 unspecified atom stereocenters. The van der Waals surface area contributed by atoms with Crippen molar-refractivity contribution in [1.82, 2.24) is 10.2 Å². The van der Waals surface area contributed by atoms with E-state index in [0.29, 0.717) is 22.2 Å². The average Bonchev–Trinajstić information content (AvgIpc) is 2.52. The van der Waals surface area contributed by atoms with Crippen LogP contribution in [0.1, 0.15) is 17.2 Å². The van der Waals surface area contributed by atoms with E-state index in [1.54, 1.807) is 12.1 Å². The predicted octanol–water partition coefficient (Wildman–Crippen LogP) is 4.38. The second-order valence-corrected chi connectivity index (χ2v) is 6.58. The number of aryl methyl sites for hydroxylation is 1. The quantitative estimate of drug-likeness (QED) is 0.769. The standard InChI is InChI=1S/C18H21ClFN3S/c1-12-7-4-5-10-15(12)22-18(24)21-11-16(23(2)3)17-13(19)8-6-9-14(17)20/h4-10,16H,11H2,1-3H3,(H2,21,22,24)/t16-/m1/s1. The molecule has 0 aliphatic rings. The molecule has 0 bridgehead atoms. The van der Waals surface area contributed by atoms with Gasteiger partial charge in [-0.1, -0.05) is 35.9 Å². The Kier molecular flexibility index (Phi) is 6.54. The van der Waals surface area contributed by atoms with Gasteiger partial charge >= 0.3 is 0 Å². The fourth-order valence-electron chi connectivity index (χ4n) is 2.44. The van der Waals surface area contributed by atoms with Crippen LogP contribution in [-0.4, -0.2) is 30.7 Å². The van der Waals surface area contributed by atoms with Crippen LogP contribution in [-0.2, 0) is 0 Å². The van der Waals surface area contributed by atoms with Crippen molar-refractivity contribution in [1.29, 1.82) is 0 Å². The molecule has 2 rings (SSSR count). The van der Waals surface area contributed by atoms with Gasteiger partial charge in [0.15, 0.2) is 5.11 Å². The van der Waals surface area contributed by atoms with E-state index in [1.165, 1.54) is 6.07 Å². The van der Waals surface area contributed by atoms with Crippen LogP contribution in [0.2, 0.25) is 5.02 Å². The number of rotatable bonds is 5. The van der Waals surface area contributed by atoms with Crippen molar-refractivity contribution >= 4 is 34.6 Å². The predicted molar refractivity (Wildman–Crippen MR) is 103 cm³/mol. The molecule has 3 nitrogen and oxygen atoms in total. The number of benzene rings is 2. The Morgan fingerprint density at radius 1 is 1.21 bits per heavy atom. The van der Waals surface area contributed by atoms with E-state index in [-0.39, 0.29) is 11.9 Å². The van der Waals surface area contributed by atoms with Gasteiger partial charge in [0.2, 0.25) is 0 Å². The van der Waals surface area contributed by atoms with Gasteiger partial charge in [-0.05, 0) is 57.0 Å². The zero-order valence-corrected chi connectivity index (χ0v) is 15.5. The topological polar surface area (TPSA) is 27.3 Å². The smallest absolute Gasteiger partial charge is 0.170 e. The molecule has 0 saturated heterocycles. The van der Waals surface area contributed by atoms with Gasteiger partial charge in [0.05, 0.1) is 6.04 Å². The molecule has 6 heteroatoms. The molecular formula is C18H21ClFN3S. The van der Waals surface area contributed by atoms with Crippen LogP contribution in [0, 0.1) is 12.7 Å². The summed E-state index contributed by atoms with van der Waals surface area (Å²) in [6.07, 6.45) is 0. The van der Waals surface area contributed by atoms with E-state index in [0.717, 1.165) is 11.3 Å². The number of nitrogens with zero attached hydrogens (tertiary/aromatic N) is 1. The van der Waals surface area contributed by atoms with Gasteiger partial charge < -0.3 is 15.5 Å². The molecular weight excluding hydrogens is 345 g/mol. The molecule has 0 fully saturated rings. The number of thiocarbonyl (C=S) groups is 1. The molecule has 0 spiro atoms. The van der Waals surface area contributed by atoms with Crippen molar-refractivity contribution in [2.75, 3.05) is 26.0 Å². The highest BCUT2D eigenvalue weighted by molar-refractivity contribution is 7.80. The second kappa shape index (κ2) is 8.42. The third kappa shape index (κ3) is 4.66. The monoisotopic (exact) mass is 365 g/mol. The van der Waals surface area contributed by atoms with E-state index < -0.39 is 0 Å². The molecule has 128 valence electrons. The largest absolute Gasteiger partial charge is 0.361 e. The molecule has 2 N–H and O–H groups in total. The van der Waals surface area contributed by atoms with Crippen molar-refractivity contribution < 1.29 is 4.39 Å². The summed E-state index contributed by atoms with van der Waals surface area (Å²) in [5.41, 5.74) is 2.51. The van der Waals surface area contributed by atoms with Crippen LogP contribution < -0.4 is 10.6 Å². The summed E-state index contributed by atoms with van der Waals surface area (Å²) in [7, 11) is 3.76. The number of para-hydroxylation sites is 1. The number of anilines is 1. The highest BCUT2D eigenvalue weighted by atomic mass is 35.5. The maximum absolute atomic E-state index is 14.2. The Labute approximate surface area is 152 Å². The molecule has 0 aromatic heterocycles. The molecule has 0 aliphatic carbocycles. The van der Waals surface area contributed by atoms with Crippen molar-refractivity contribution in [2.24, 2.45) is 0 Å². The molecule has 0 radical (unpaired) electrons. The van der Waals surface area contributed by atoms with E-state index in [9.17, 15) is 4.39 Å². The van der Waals surface area contributed by atoms with E-state index >= 15 is 0 Å². The number of halogens is 2. The lowest BCUT2D eigenvalue weighted by atomic mass is 10.1. The molecule has 0 amide bonds. The number of hydrogen-bond donors (Lipinski definition) is 2. The van der Waals surface area contributed by atoms with E-state index in [4.69, 9.17) is 23.8 Å². The minimum absolute atomic E-state index is 0.240. The zero-order chi connectivity index (χ0) is 17.7. The summed E-state index contributed by atoms with van der Waals surface area (Å²) >= 11 is 11.5. The summed E-state index contributed by atoms with van der Waals surface area (Å²) in [6, 6.07) is 12.4. The van der Waals surface area contributed by atoms with Gasteiger partial charge in [0, 0.05) is 22.8 Å². The van der Waals surface area contributed by atoms with Gasteiger partial charge in [-0.2, -0.15) is 0 Å². The SMILES string of the molecule is Cc1ccccc1NC(=S)NC[C@H](c1c(F)cccc1Cl)N(C)C. The van der Waals surface area contributed by atoms with E-state index in [2.05, 4.69) is 10.6 Å². The Morgan fingerprint density at radius 3 is 2.54 bits per heavy atom. The van der Waals surface area contributed by atoms with Crippen molar-refractivity contribution in [3.05, 3.63) is 64.4 Å². The Balaban J connectivity index is 2.07. The molecule has 0 aliphatic heterocycles. The number of hydrogen-bond acceptors (Lipinski definition) is 2. The fourth-order valence-corrected chi connectivity index (χ4v) is 2.92. The van der Waals surface area contributed by atoms with Crippen LogP contribution >= 0.6 is 23.8 Å². The van der Waals surface area contributed by atoms with Crippen LogP contribution in [0.3, 0.4) is 0 Å². The molecule has 2 aromatic rings. The van der Waals surface area contributed by atoms with Gasteiger partial charge in [-0.15, -0.1) is 0 Å². The van der Waals surface area contributed by atoms with Crippen molar-refractivity contribution in [3.8, 4) is 0 Å². The van der Waals surface area contributed by atoms with Gasteiger partial charge in [-0.25, -0.2) is 4.39 Å². The Morgan fingerprint density at radius 2 is 1.92 bits per heavy atom. The summed E-state index contributed by atoms with van der Waals surface area (Å²) < 4.78 is 14.2. The lowest BCUT2D eigenvalue weighted by molar-refractivity contribution is 0.292. The second-order valence-electron chi connectivity index (χ2n) is 5.76. The maximum Gasteiger partial charge on any atom is 0.170 e. The molecule has 1 atom stereocenters. The van der Waals surface area contributed by atoms with E-state index in [1.807, 2.05) is 50.2 Å². The fraction of sp³-hybridized carbons (Fsp3) is 0.278. The third-order valence-electron chi connectivity index (χ3n) is 3.81. The highest BCUT2D eigenvalue weighted by Crippen LogP contribution is 2.28. The van der Waals surface area contributed by atoms with Crippen molar-refractivity contribution in [2.45, 2.75) is 13.0 Å². The number of nitrogens with one attached hydrogen (secondary N) is 2. The summed E-state index contributed by atoms with van der Waals surface area (Å²) in [5.74, 6) is -0.319. The summed E-state index contributed by atoms with van der Waals surface area (Å²) in [6.45, 7) is 2.44. The normalized spacial score (nSPS) is 12.1. The van der Waals surface area contributed by atoms with Crippen LogP contribution in [0.5, 0.6) is 0 Å². The lowest BCUT2D eigenvalue weighted by Crippen LogP contribution is -2.37. The number of likely N-dealkylation sites (N-methyl/N-ethyl adjacent to an activating group) is 1. The zero-order valence-electron chi connectivity index (χ0n) is 13.9. The van der Waals surface area contributed by atoms with Crippen LogP contribution in [0.15, 0.2) is 42.5 Å². The molecule has 2 aromatic carbocycles. The first-order valence-electron chi connectivity index (χ1n) is 7.61. The first-order chi connectivity index (χ1) is 11.4. The summed E-state index contributed by atoms with van der Waals surface area (Å²) in [4.78, 5) is 1.91. The highest BCUT2D eigenvalue weighted by Gasteiger charge is 2.21. The Hall–Kier alpha value is -1.69.